The second-order valence-corrected chi connectivity index (χ2v) is 6.52. The molecule has 0 aliphatic carbocycles. The quantitative estimate of drug-likeness (QED) is 0.792. The highest BCUT2D eigenvalue weighted by molar-refractivity contribution is 4.97. The minimum atomic E-state index is 0.261. The van der Waals surface area contributed by atoms with Crippen LogP contribution in [0.2, 0.25) is 0 Å². The summed E-state index contributed by atoms with van der Waals surface area (Å²) in [5.74, 6) is 0. The molecule has 1 unspecified atom stereocenters. The Labute approximate surface area is 102 Å². The van der Waals surface area contributed by atoms with Crippen molar-refractivity contribution in [3.8, 4) is 0 Å². The van der Waals surface area contributed by atoms with Crippen LogP contribution in [0, 0.1) is 0 Å². The third-order valence-electron chi connectivity index (χ3n) is 3.93. The van der Waals surface area contributed by atoms with Crippen molar-refractivity contribution < 1.29 is 0 Å². The summed E-state index contributed by atoms with van der Waals surface area (Å²) in [4.78, 5) is 2.73. The maximum atomic E-state index is 3.66. The summed E-state index contributed by atoms with van der Waals surface area (Å²) in [6.07, 6.45) is 3.81. The summed E-state index contributed by atoms with van der Waals surface area (Å²) in [5, 5.41) is 3.66. The van der Waals surface area contributed by atoms with E-state index in [0.29, 0.717) is 11.6 Å². The van der Waals surface area contributed by atoms with Crippen LogP contribution in [0.15, 0.2) is 0 Å². The largest absolute Gasteiger partial charge is 0.309 e. The topological polar surface area (TPSA) is 15.3 Å². The highest BCUT2D eigenvalue weighted by Crippen LogP contribution is 2.29. The molecule has 2 heteroatoms. The van der Waals surface area contributed by atoms with Crippen molar-refractivity contribution in [2.45, 2.75) is 77.9 Å². The zero-order valence-electron chi connectivity index (χ0n) is 12.1. The van der Waals surface area contributed by atoms with Gasteiger partial charge in [-0.3, -0.25) is 4.90 Å². The van der Waals surface area contributed by atoms with E-state index in [2.05, 4.69) is 51.8 Å². The summed E-state index contributed by atoms with van der Waals surface area (Å²) in [6.45, 7) is 16.3. The lowest BCUT2D eigenvalue weighted by atomic mass is 9.88. The summed E-state index contributed by atoms with van der Waals surface area (Å²) in [6, 6.07) is 0.703. The Hall–Kier alpha value is -0.0800. The number of hydrogen-bond donors (Lipinski definition) is 1. The molecular formula is C14H30N2. The van der Waals surface area contributed by atoms with E-state index in [0.717, 1.165) is 6.54 Å². The van der Waals surface area contributed by atoms with Crippen molar-refractivity contribution in [1.29, 1.82) is 0 Å². The first-order valence-corrected chi connectivity index (χ1v) is 6.84. The zero-order chi connectivity index (χ0) is 12.4. The Morgan fingerprint density at radius 2 is 1.94 bits per heavy atom. The fourth-order valence-electron chi connectivity index (χ4n) is 2.94. The van der Waals surface area contributed by atoms with Gasteiger partial charge in [0, 0.05) is 30.2 Å². The normalized spacial score (nSPS) is 27.0. The van der Waals surface area contributed by atoms with Gasteiger partial charge in [0.15, 0.2) is 0 Å². The van der Waals surface area contributed by atoms with Crippen molar-refractivity contribution in [3.05, 3.63) is 0 Å². The van der Waals surface area contributed by atoms with Gasteiger partial charge in [0.2, 0.25) is 0 Å². The lowest BCUT2D eigenvalue weighted by Crippen LogP contribution is -2.66. The summed E-state index contributed by atoms with van der Waals surface area (Å²) < 4.78 is 0. The van der Waals surface area contributed by atoms with Crippen LogP contribution in [0.4, 0.5) is 0 Å². The van der Waals surface area contributed by atoms with Gasteiger partial charge in [-0.15, -0.1) is 0 Å². The number of hydrogen-bond acceptors (Lipinski definition) is 2. The first-order valence-electron chi connectivity index (χ1n) is 6.84. The van der Waals surface area contributed by atoms with E-state index in [1.165, 1.54) is 25.8 Å². The van der Waals surface area contributed by atoms with E-state index in [1.807, 2.05) is 0 Å². The van der Waals surface area contributed by atoms with Crippen LogP contribution in [-0.4, -0.2) is 35.1 Å². The van der Waals surface area contributed by atoms with E-state index in [4.69, 9.17) is 0 Å². The predicted octanol–water partition coefficient (Wildman–Crippen LogP) is 3.03. The van der Waals surface area contributed by atoms with Crippen LogP contribution >= 0.6 is 0 Å². The van der Waals surface area contributed by atoms with Crippen molar-refractivity contribution in [3.63, 3.8) is 0 Å². The van der Waals surface area contributed by atoms with Gasteiger partial charge in [0.05, 0.1) is 0 Å². The number of rotatable bonds is 4. The lowest BCUT2D eigenvalue weighted by molar-refractivity contribution is 0.00317. The molecule has 1 fully saturated rings. The molecule has 1 atom stereocenters. The first kappa shape index (κ1) is 14.0. The summed E-state index contributed by atoms with van der Waals surface area (Å²) >= 11 is 0. The average molecular weight is 226 g/mol. The van der Waals surface area contributed by atoms with Crippen LogP contribution in [0.3, 0.4) is 0 Å². The minimum absolute atomic E-state index is 0.261. The van der Waals surface area contributed by atoms with E-state index in [1.54, 1.807) is 0 Å². The van der Waals surface area contributed by atoms with Gasteiger partial charge in [-0.2, -0.15) is 0 Å². The smallest absolute Gasteiger partial charge is 0.0253 e. The summed E-state index contributed by atoms with van der Waals surface area (Å²) in [7, 11) is 0. The van der Waals surface area contributed by atoms with E-state index < -0.39 is 0 Å². The minimum Gasteiger partial charge on any atom is -0.309 e. The van der Waals surface area contributed by atoms with Crippen molar-refractivity contribution in [1.82, 2.24) is 10.2 Å². The van der Waals surface area contributed by atoms with Crippen LogP contribution in [0.1, 0.15) is 60.8 Å². The third kappa shape index (κ3) is 3.21. The molecule has 1 N–H and O–H groups in total. The highest BCUT2D eigenvalue weighted by atomic mass is 15.3. The Balaban J connectivity index is 2.79. The van der Waals surface area contributed by atoms with Crippen LogP contribution in [0.25, 0.3) is 0 Å². The Bertz CT molecular complexity index is 221. The maximum absolute atomic E-state index is 3.66. The van der Waals surface area contributed by atoms with Gasteiger partial charge in [-0.1, -0.05) is 20.3 Å². The van der Waals surface area contributed by atoms with E-state index in [9.17, 15) is 0 Å². The molecule has 0 aromatic rings. The molecule has 0 amide bonds. The first-order chi connectivity index (χ1) is 7.32. The second kappa shape index (κ2) is 5.05. The maximum Gasteiger partial charge on any atom is 0.0253 e. The number of nitrogens with one attached hydrogen (secondary N) is 1. The fourth-order valence-corrected chi connectivity index (χ4v) is 2.94. The molecule has 1 aliphatic rings. The molecule has 0 aromatic carbocycles. The molecule has 0 radical (unpaired) electrons. The van der Waals surface area contributed by atoms with Crippen molar-refractivity contribution in [2.24, 2.45) is 0 Å². The van der Waals surface area contributed by atoms with Gasteiger partial charge in [-0.05, 0) is 40.5 Å². The standard InChI is InChI=1S/C14H30N2/c1-7-9-14(5,6)16-11-13(3,4)15-10-12(16)8-2/h12,15H,7-11H2,1-6H3. The third-order valence-corrected chi connectivity index (χ3v) is 3.93. The molecule has 96 valence electrons. The molecular weight excluding hydrogens is 196 g/mol. The lowest BCUT2D eigenvalue weighted by Gasteiger charge is -2.52. The molecule has 1 rings (SSSR count). The Kier molecular flexibility index (Phi) is 4.42. The van der Waals surface area contributed by atoms with Crippen molar-refractivity contribution >= 4 is 0 Å². The number of nitrogens with zero attached hydrogens (tertiary/aromatic N) is 1. The molecule has 1 aliphatic heterocycles. The molecule has 2 nitrogen and oxygen atoms in total. The van der Waals surface area contributed by atoms with Gasteiger partial charge < -0.3 is 5.32 Å². The molecule has 0 saturated carbocycles. The van der Waals surface area contributed by atoms with Gasteiger partial charge in [0.25, 0.3) is 0 Å². The van der Waals surface area contributed by atoms with Crippen LogP contribution in [0.5, 0.6) is 0 Å². The molecule has 16 heavy (non-hydrogen) atoms. The second-order valence-electron chi connectivity index (χ2n) is 6.52. The molecule has 0 spiro atoms. The van der Waals surface area contributed by atoms with Crippen LogP contribution in [-0.2, 0) is 0 Å². The summed E-state index contributed by atoms with van der Waals surface area (Å²) in [5.41, 5.74) is 0.603. The predicted molar refractivity (Wildman–Crippen MR) is 71.9 cm³/mol. The molecule has 0 bridgehead atoms. The van der Waals surface area contributed by atoms with Gasteiger partial charge in [-0.25, -0.2) is 0 Å². The molecule has 0 aromatic heterocycles. The van der Waals surface area contributed by atoms with Gasteiger partial charge in [0.1, 0.15) is 0 Å². The molecule has 1 heterocycles. The van der Waals surface area contributed by atoms with Gasteiger partial charge >= 0.3 is 0 Å². The van der Waals surface area contributed by atoms with Crippen molar-refractivity contribution in [2.75, 3.05) is 13.1 Å². The van der Waals surface area contributed by atoms with Crippen LogP contribution < -0.4 is 5.32 Å². The number of piperazine rings is 1. The SMILES string of the molecule is CCCC(C)(C)N1CC(C)(C)NCC1CC. The Morgan fingerprint density at radius 3 is 2.44 bits per heavy atom. The zero-order valence-corrected chi connectivity index (χ0v) is 12.1. The average Bonchev–Trinajstić information content (AvgIpc) is 2.16. The highest BCUT2D eigenvalue weighted by Gasteiger charge is 2.38. The van der Waals surface area contributed by atoms with E-state index in [-0.39, 0.29) is 5.54 Å². The molecule has 1 saturated heterocycles. The fraction of sp³-hybridized carbons (Fsp3) is 1.00. The Morgan fingerprint density at radius 1 is 1.31 bits per heavy atom. The monoisotopic (exact) mass is 226 g/mol. The van der Waals surface area contributed by atoms with E-state index >= 15 is 0 Å².